The number of hydrogen-bond donors (Lipinski definition) is 1. The molecule has 1 aromatic carbocycles. The van der Waals surface area contributed by atoms with Gasteiger partial charge in [0.1, 0.15) is 11.6 Å². The predicted molar refractivity (Wildman–Crippen MR) is 101 cm³/mol. The van der Waals surface area contributed by atoms with E-state index in [2.05, 4.69) is 48.4 Å². The van der Waals surface area contributed by atoms with Crippen molar-refractivity contribution >= 4 is 11.8 Å². The molecule has 0 radical (unpaired) electrons. The van der Waals surface area contributed by atoms with Crippen LogP contribution in [0.1, 0.15) is 5.82 Å². The Morgan fingerprint density at radius 3 is 2.35 bits per heavy atom. The van der Waals surface area contributed by atoms with Gasteiger partial charge in [-0.05, 0) is 24.6 Å². The van der Waals surface area contributed by atoms with Crippen molar-refractivity contribution in [2.24, 2.45) is 0 Å². The summed E-state index contributed by atoms with van der Waals surface area (Å²) in [5, 5.41) is 3.11. The maximum absolute atomic E-state index is 4.55. The molecule has 1 N–H and O–H groups in total. The second-order valence-corrected chi connectivity index (χ2v) is 5.71. The number of anilines is 2. The maximum atomic E-state index is 4.55. The Labute approximate surface area is 151 Å². The molecular formula is C20H16N6. The Bertz CT molecular complexity index is 1020. The normalized spacial score (nSPS) is 10.5. The van der Waals surface area contributed by atoms with E-state index in [1.165, 1.54) is 0 Å². The van der Waals surface area contributed by atoms with Crippen LogP contribution < -0.4 is 5.32 Å². The molecule has 3 heterocycles. The van der Waals surface area contributed by atoms with Gasteiger partial charge < -0.3 is 5.32 Å². The molecule has 0 amide bonds. The average molecular weight is 340 g/mol. The zero-order valence-corrected chi connectivity index (χ0v) is 14.2. The van der Waals surface area contributed by atoms with E-state index in [1.807, 2.05) is 37.4 Å². The van der Waals surface area contributed by atoms with Gasteiger partial charge in [-0.25, -0.2) is 19.9 Å². The highest BCUT2D eigenvalue weighted by molar-refractivity contribution is 5.71. The molecule has 4 rings (SSSR count). The van der Waals surface area contributed by atoms with Gasteiger partial charge in [0.25, 0.3) is 0 Å². The van der Waals surface area contributed by atoms with Crippen LogP contribution in [0.4, 0.5) is 11.8 Å². The van der Waals surface area contributed by atoms with Gasteiger partial charge in [0.15, 0.2) is 0 Å². The summed E-state index contributed by atoms with van der Waals surface area (Å²) >= 11 is 0. The standard InChI is InChI=1S/C20H16N6/c1-14-24-18(11-19(25-14)26-20-22-8-5-9-23-20)17-10-16(12-21-13-17)15-6-3-2-4-7-15/h2-13H,1H3,(H,22,23,24,25,26). The molecule has 26 heavy (non-hydrogen) atoms. The molecule has 0 unspecified atom stereocenters. The Kier molecular flexibility index (Phi) is 4.30. The van der Waals surface area contributed by atoms with Gasteiger partial charge in [-0.2, -0.15) is 0 Å². The van der Waals surface area contributed by atoms with E-state index in [1.54, 1.807) is 24.7 Å². The molecule has 3 aromatic heterocycles. The minimum atomic E-state index is 0.493. The van der Waals surface area contributed by atoms with E-state index in [4.69, 9.17) is 0 Å². The summed E-state index contributed by atoms with van der Waals surface area (Å²) in [7, 11) is 0. The summed E-state index contributed by atoms with van der Waals surface area (Å²) in [5.41, 5.74) is 3.87. The second kappa shape index (κ2) is 7.06. The van der Waals surface area contributed by atoms with Gasteiger partial charge in [-0.3, -0.25) is 4.98 Å². The molecule has 0 saturated heterocycles. The fraction of sp³-hybridized carbons (Fsp3) is 0.0500. The summed E-state index contributed by atoms with van der Waals surface area (Å²) in [6, 6.07) is 15.9. The monoisotopic (exact) mass is 340 g/mol. The van der Waals surface area contributed by atoms with Crippen molar-refractivity contribution in [3.8, 4) is 22.4 Å². The Balaban J connectivity index is 1.70. The number of aryl methyl sites for hydroxylation is 1. The lowest BCUT2D eigenvalue weighted by molar-refractivity contribution is 1.05. The van der Waals surface area contributed by atoms with E-state index in [9.17, 15) is 0 Å². The number of benzene rings is 1. The van der Waals surface area contributed by atoms with Crippen LogP contribution in [-0.4, -0.2) is 24.9 Å². The molecule has 0 spiro atoms. The fourth-order valence-electron chi connectivity index (χ4n) is 2.63. The molecule has 6 nitrogen and oxygen atoms in total. The second-order valence-electron chi connectivity index (χ2n) is 5.71. The molecule has 0 atom stereocenters. The molecule has 0 bridgehead atoms. The number of nitrogens with zero attached hydrogens (tertiary/aromatic N) is 5. The largest absolute Gasteiger partial charge is 0.309 e. The van der Waals surface area contributed by atoms with Crippen molar-refractivity contribution in [1.82, 2.24) is 24.9 Å². The zero-order chi connectivity index (χ0) is 17.8. The number of rotatable bonds is 4. The van der Waals surface area contributed by atoms with Crippen LogP contribution in [0.25, 0.3) is 22.4 Å². The fourth-order valence-corrected chi connectivity index (χ4v) is 2.63. The molecule has 6 heteroatoms. The molecule has 0 aliphatic heterocycles. The highest BCUT2D eigenvalue weighted by Crippen LogP contribution is 2.25. The summed E-state index contributed by atoms with van der Waals surface area (Å²) < 4.78 is 0. The Hall–Kier alpha value is -3.67. The van der Waals surface area contributed by atoms with E-state index in [0.29, 0.717) is 17.6 Å². The predicted octanol–water partition coefficient (Wildman–Crippen LogP) is 4.05. The van der Waals surface area contributed by atoms with E-state index in [-0.39, 0.29) is 0 Å². The molecule has 0 fully saturated rings. The summed E-state index contributed by atoms with van der Waals surface area (Å²) in [6.07, 6.45) is 7.01. The zero-order valence-electron chi connectivity index (χ0n) is 14.2. The van der Waals surface area contributed by atoms with Crippen LogP contribution in [0.3, 0.4) is 0 Å². The number of hydrogen-bond acceptors (Lipinski definition) is 6. The lowest BCUT2D eigenvalue weighted by Gasteiger charge is -2.08. The van der Waals surface area contributed by atoms with Gasteiger partial charge in [0.05, 0.1) is 5.69 Å². The molecule has 0 saturated carbocycles. The minimum absolute atomic E-state index is 0.493. The SMILES string of the molecule is Cc1nc(Nc2ncccn2)cc(-c2cncc(-c3ccccc3)c2)n1. The third kappa shape index (κ3) is 3.54. The van der Waals surface area contributed by atoms with Crippen LogP contribution >= 0.6 is 0 Å². The van der Waals surface area contributed by atoms with Crippen molar-refractivity contribution < 1.29 is 0 Å². The first-order chi connectivity index (χ1) is 12.8. The van der Waals surface area contributed by atoms with Gasteiger partial charge in [0, 0.05) is 42.0 Å². The van der Waals surface area contributed by atoms with Gasteiger partial charge in [0.2, 0.25) is 5.95 Å². The van der Waals surface area contributed by atoms with E-state index in [0.717, 1.165) is 22.4 Å². The third-order valence-electron chi connectivity index (χ3n) is 3.78. The molecule has 4 aromatic rings. The highest BCUT2D eigenvalue weighted by Gasteiger charge is 2.08. The van der Waals surface area contributed by atoms with Crippen LogP contribution in [0.2, 0.25) is 0 Å². The van der Waals surface area contributed by atoms with Gasteiger partial charge in [-0.15, -0.1) is 0 Å². The van der Waals surface area contributed by atoms with Crippen molar-refractivity contribution in [3.63, 3.8) is 0 Å². The van der Waals surface area contributed by atoms with Gasteiger partial charge >= 0.3 is 0 Å². The summed E-state index contributed by atoms with van der Waals surface area (Å²) in [6.45, 7) is 1.86. The lowest BCUT2D eigenvalue weighted by Crippen LogP contribution is -2.01. The minimum Gasteiger partial charge on any atom is -0.309 e. The first-order valence-corrected chi connectivity index (χ1v) is 8.18. The quantitative estimate of drug-likeness (QED) is 0.604. The van der Waals surface area contributed by atoms with E-state index >= 15 is 0 Å². The third-order valence-corrected chi connectivity index (χ3v) is 3.78. The molecule has 126 valence electrons. The average Bonchev–Trinajstić information content (AvgIpc) is 2.69. The van der Waals surface area contributed by atoms with Crippen LogP contribution in [0.5, 0.6) is 0 Å². The van der Waals surface area contributed by atoms with Crippen LogP contribution in [-0.2, 0) is 0 Å². The van der Waals surface area contributed by atoms with E-state index < -0.39 is 0 Å². The first kappa shape index (κ1) is 15.8. The lowest BCUT2D eigenvalue weighted by atomic mass is 10.0. The maximum Gasteiger partial charge on any atom is 0.228 e. The highest BCUT2D eigenvalue weighted by atomic mass is 15.1. The van der Waals surface area contributed by atoms with Crippen molar-refractivity contribution in [2.75, 3.05) is 5.32 Å². The smallest absolute Gasteiger partial charge is 0.228 e. The Morgan fingerprint density at radius 2 is 1.54 bits per heavy atom. The van der Waals surface area contributed by atoms with Crippen LogP contribution in [0, 0.1) is 6.92 Å². The topological polar surface area (TPSA) is 76.5 Å². The molecular weight excluding hydrogens is 324 g/mol. The van der Waals surface area contributed by atoms with Crippen molar-refractivity contribution in [2.45, 2.75) is 6.92 Å². The van der Waals surface area contributed by atoms with Crippen LogP contribution in [0.15, 0.2) is 73.3 Å². The number of aromatic nitrogens is 5. The Morgan fingerprint density at radius 1 is 0.769 bits per heavy atom. The van der Waals surface area contributed by atoms with Crippen molar-refractivity contribution in [1.29, 1.82) is 0 Å². The summed E-state index contributed by atoms with van der Waals surface area (Å²) in [4.78, 5) is 21.7. The summed E-state index contributed by atoms with van der Waals surface area (Å²) in [5.74, 6) is 1.79. The van der Waals surface area contributed by atoms with Crippen molar-refractivity contribution in [3.05, 3.63) is 79.1 Å². The first-order valence-electron chi connectivity index (χ1n) is 8.18. The van der Waals surface area contributed by atoms with Gasteiger partial charge in [-0.1, -0.05) is 30.3 Å². The molecule has 0 aliphatic rings. The molecule has 0 aliphatic carbocycles. The number of pyridine rings is 1. The number of nitrogens with one attached hydrogen (secondary N) is 1.